The van der Waals surface area contributed by atoms with E-state index in [0.717, 1.165) is 17.7 Å². The zero-order valence-electron chi connectivity index (χ0n) is 15.0. The summed E-state index contributed by atoms with van der Waals surface area (Å²) < 4.78 is 16.4. The maximum absolute atomic E-state index is 12.5. The lowest BCUT2D eigenvalue weighted by Gasteiger charge is -2.17. The molecule has 26 heavy (non-hydrogen) atoms. The fourth-order valence-electron chi connectivity index (χ4n) is 2.79. The van der Waals surface area contributed by atoms with Gasteiger partial charge < -0.3 is 24.5 Å². The minimum Gasteiger partial charge on any atom is -0.492 e. The highest BCUT2D eigenvalue weighted by atomic mass is 16.5. The third-order valence-corrected chi connectivity index (χ3v) is 4.04. The topological polar surface area (TPSA) is 89.8 Å². The van der Waals surface area contributed by atoms with Gasteiger partial charge in [-0.15, -0.1) is 0 Å². The Labute approximate surface area is 151 Å². The Bertz CT molecular complexity index is 801. The number of anilines is 1. The lowest BCUT2D eigenvalue weighted by Crippen LogP contribution is -2.41. The van der Waals surface area contributed by atoms with E-state index in [1.165, 1.54) is 12.3 Å². The average Bonchev–Trinajstić information content (AvgIpc) is 3.23. The summed E-state index contributed by atoms with van der Waals surface area (Å²) in [4.78, 5) is 24.5. The van der Waals surface area contributed by atoms with E-state index in [4.69, 9.17) is 13.9 Å². The fourth-order valence-corrected chi connectivity index (χ4v) is 2.79. The number of carbonyl (C=O) groups excluding carboxylic acids is 2. The molecule has 0 aliphatic carbocycles. The summed E-state index contributed by atoms with van der Waals surface area (Å²) in [6.45, 7) is 5.94. The van der Waals surface area contributed by atoms with Gasteiger partial charge >= 0.3 is 0 Å². The molecular formula is C19H22N2O5. The summed E-state index contributed by atoms with van der Waals surface area (Å²) in [7, 11) is 0. The van der Waals surface area contributed by atoms with Crippen molar-refractivity contribution in [2.75, 3.05) is 11.9 Å². The molecule has 0 saturated heterocycles. The summed E-state index contributed by atoms with van der Waals surface area (Å²) in [6, 6.07) is 6.05. The van der Waals surface area contributed by atoms with Crippen LogP contribution in [0, 0.1) is 0 Å². The second-order valence-electron chi connectivity index (χ2n) is 6.18. The normalized spacial score (nSPS) is 16.3. The van der Waals surface area contributed by atoms with Crippen LogP contribution in [0.3, 0.4) is 0 Å². The second-order valence-corrected chi connectivity index (χ2v) is 6.18. The molecule has 0 fully saturated rings. The molecule has 2 unspecified atom stereocenters. The number of nitrogens with one attached hydrogen (secondary N) is 2. The van der Waals surface area contributed by atoms with Crippen LogP contribution in [0.2, 0.25) is 0 Å². The van der Waals surface area contributed by atoms with Crippen LogP contribution in [0.1, 0.15) is 36.9 Å². The lowest BCUT2D eigenvalue weighted by atomic mass is 10.1. The number of benzene rings is 1. The third-order valence-electron chi connectivity index (χ3n) is 4.04. The van der Waals surface area contributed by atoms with Gasteiger partial charge in [-0.1, -0.05) is 0 Å². The van der Waals surface area contributed by atoms with E-state index in [9.17, 15) is 9.59 Å². The van der Waals surface area contributed by atoms with Crippen LogP contribution in [0.4, 0.5) is 5.69 Å². The molecule has 2 N–H and O–H groups in total. The molecule has 0 bridgehead atoms. The van der Waals surface area contributed by atoms with Gasteiger partial charge in [0.2, 0.25) is 5.91 Å². The fraction of sp³-hybridized carbons (Fsp3) is 0.368. The first-order valence-corrected chi connectivity index (χ1v) is 8.59. The Balaban J connectivity index is 1.72. The smallest absolute Gasteiger partial charge is 0.287 e. The molecule has 0 spiro atoms. The number of hydrogen-bond donors (Lipinski definition) is 2. The maximum atomic E-state index is 12.5. The molecule has 1 aliphatic heterocycles. The van der Waals surface area contributed by atoms with Crippen LogP contribution in [0.5, 0.6) is 11.5 Å². The molecule has 138 valence electrons. The van der Waals surface area contributed by atoms with E-state index in [2.05, 4.69) is 10.6 Å². The predicted octanol–water partition coefficient (Wildman–Crippen LogP) is 2.76. The Hall–Kier alpha value is -2.96. The van der Waals surface area contributed by atoms with Gasteiger partial charge in [0.05, 0.1) is 18.6 Å². The second kappa shape index (κ2) is 7.51. The highest BCUT2D eigenvalue weighted by Gasteiger charge is 2.24. The van der Waals surface area contributed by atoms with Gasteiger partial charge in [-0.25, -0.2) is 0 Å². The van der Waals surface area contributed by atoms with Gasteiger partial charge in [0.1, 0.15) is 23.6 Å². The van der Waals surface area contributed by atoms with Crippen LogP contribution in [-0.4, -0.2) is 30.6 Å². The van der Waals surface area contributed by atoms with Crippen molar-refractivity contribution in [1.29, 1.82) is 0 Å². The Morgan fingerprint density at radius 3 is 2.88 bits per heavy atom. The zero-order valence-corrected chi connectivity index (χ0v) is 15.0. The van der Waals surface area contributed by atoms with E-state index in [0.29, 0.717) is 18.0 Å². The maximum Gasteiger partial charge on any atom is 0.287 e. The molecule has 2 heterocycles. The Morgan fingerprint density at radius 2 is 2.19 bits per heavy atom. The van der Waals surface area contributed by atoms with Crippen LogP contribution in [-0.2, 0) is 11.2 Å². The third kappa shape index (κ3) is 3.82. The molecule has 2 amide bonds. The molecule has 1 aromatic heterocycles. The largest absolute Gasteiger partial charge is 0.492 e. The molecule has 2 atom stereocenters. The number of hydrogen-bond acceptors (Lipinski definition) is 5. The summed E-state index contributed by atoms with van der Waals surface area (Å²) >= 11 is 0. The van der Waals surface area contributed by atoms with Gasteiger partial charge in [-0.2, -0.15) is 0 Å². The number of furan rings is 1. The molecular weight excluding hydrogens is 336 g/mol. The van der Waals surface area contributed by atoms with Gasteiger partial charge in [0.15, 0.2) is 5.76 Å². The van der Waals surface area contributed by atoms with Crippen molar-refractivity contribution in [2.24, 2.45) is 0 Å². The highest BCUT2D eigenvalue weighted by molar-refractivity contribution is 6.00. The molecule has 1 aromatic carbocycles. The quantitative estimate of drug-likeness (QED) is 0.829. The van der Waals surface area contributed by atoms with Crippen LogP contribution in [0.15, 0.2) is 34.9 Å². The predicted molar refractivity (Wildman–Crippen MR) is 95.7 cm³/mol. The molecule has 7 nitrogen and oxygen atoms in total. The van der Waals surface area contributed by atoms with Crippen molar-refractivity contribution >= 4 is 17.5 Å². The summed E-state index contributed by atoms with van der Waals surface area (Å²) in [5.41, 5.74) is 1.57. The molecule has 3 rings (SSSR count). The SMILES string of the molecule is CCOc1cc2c(cc1NC(=O)C(C)NC(=O)c1ccco1)OC(C)C2. The minimum atomic E-state index is -0.754. The number of carbonyl (C=O) groups is 2. The zero-order chi connectivity index (χ0) is 18.7. The van der Waals surface area contributed by atoms with Gasteiger partial charge in [0, 0.05) is 18.1 Å². The van der Waals surface area contributed by atoms with Crippen molar-refractivity contribution < 1.29 is 23.5 Å². The van der Waals surface area contributed by atoms with Gasteiger partial charge in [0.25, 0.3) is 5.91 Å². The summed E-state index contributed by atoms with van der Waals surface area (Å²) in [5, 5.41) is 5.40. The molecule has 0 radical (unpaired) electrons. The first-order valence-electron chi connectivity index (χ1n) is 8.59. The van der Waals surface area contributed by atoms with E-state index in [-0.39, 0.29) is 17.8 Å². The number of amides is 2. The Kier molecular flexibility index (Phi) is 5.16. The van der Waals surface area contributed by atoms with Crippen LogP contribution >= 0.6 is 0 Å². The monoisotopic (exact) mass is 358 g/mol. The Morgan fingerprint density at radius 1 is 1.38 bits per heavy atom. The average molecular weight is 358 g/mol. The van der Waals surface area contributed by atoms with E-state index < -0.39 is 11.9 Å². The van der Waals surface area contributed by atoms with Crippen molar-refractivity contribution in [3.63, 3.8) is 0 Å². The van der Waals surface area contributed by atoms with E-state index in [1.54, 1.807) is 19.1 Å². The standard InChI is InChI=1S/C19H22N2O5/c1-4-24-17-9-13-8-11(2)26-16(13)10-14(17)21-18(22)12(3)20-19(23)15-6-5-7-25-15/h5-7,9-12H,4,8H2,1-3H3,(H,20,23)(H,21,22). The van der Waals surface area contributed by atoms with Gasteiger partial charge in [-0.3, -0.25) is 9.59 Å². The van der Waals surface area contributed by atoms with Crippen molar-refractivity contribution in [2.45, 2.75) is 39.3 Å². The number of rotatable bonds is 6. The van der Waals surface area contributed by atoms with E-state index >= 15 is 0 Å². The summed E-state index contributed by atoms with van der Waals surface area (Å²) in [6.07, 6.45) is 2.30. The molecule has 0 saturated carbocycles. The molecule has 2 aromatic rings. The molecule has 1 aliphatic rings. The lowest BCUT2D eigenvalue weighted by molar-refractivity contribution is -0.117. The first-order chi connectivity index (χ1) is 12.5. The van der Waals surface area contributed by atoms with E-state index in [1.807, 2.05) is 19.9 Å². The van der Waals surface area contributed by atoms with Crippen molar-refractivity contribution in [3.05, 3.63) is 41.9 Å². The first kappa shape index (κ1) is 17.8. The molecule has 7 heteroatoms. The van der Waals surface area contributed by atoms with Crippen molar-refractivity contribution in [3.8, 4) is 11.5 Å². The minimum absolute atomic E-state index is 0.0944. The highest BCUT2D eigenvalue weighted by Crippen LogP contribution is 2.38. The number of ether oxygens (including phenoxy) is 2. The van der Waals surface area contributed by atoms with Crippen LogP contribution < -0.4 is 20.1 Å². The van der Waals surface area contributed by atoms with Gasteiger partial charge in [-0.05, 0) is 39.0 Å². The van der Waals surface area contributed by atoms with Crippen molar-refractivity contribution in [1.82, 2.24) is 5.32 Å². The van der Waals surface area contributed by atoms with Crippen LogP contribution in [0.25, 0.3) is 0 Å². The summed E-state index contributed by atoms with van der Waals surface area (Å²) in [5.74, 6) is 0.663. The number of fused-ring (bicyclic) bond motifs is 1.